The molecule has 0 atom stereocenters. The second-order valence-electron chi connectivity index (χ2n) is 10.6. The van der Waals surface area contributed by atoms with Crippen LogP contribution in [0.3, 0.4) is 0 Å². The molecule has 0 aliphatic heterocycles. The third-order valence-corrected chi connectivity index (χ3v) is 58.2. The molecule has 0 saturated carbocycles. The molecule has 0 rings (SSSR count). The Morgan fingerprint density at radius 1 is 0.576 bits per heavy atom. The van der Waals surface area contributed by atoms with Crippen LogP contribution < -0.4 is 0 Å². The van der Waals surface area contributed by atoms with Crippen molar-refractivity contribution in [1.82, 2.24) is 0 Å². The van der Waals surface area contributed by atoms with Gasteiger partial charge < -0.3 is 0 Å². The minimum absolute atomic E-state index is 0.112. The first kappa shape index (κ1) is 33.8. The summed E-state index contributed by atoms with van der Waals surface area (Å²) in [4.78, 5) is 11.7. The molecule has 2 nitrogen and oxygen atoms in total. The van der Waals surface area contributed by atoms with E-state index in [9.17, 15) is 4.79 Å². The molecule has 0 fully saturated rings. The second kappa shape index (κ2) is 20.9. The van der Waals surface area contributed by atoms with Gasteiger partial charge in [0.25, 0.3) is 0 Å². The molecule has 33 heavy (non-hydrogen) atoms. The Hall–Kier alpha value is 0.807. The SMILES string of the molecule is CCC[CH2][Sn]([CH2]CCC)([CH2]CCC)[C](=CCOC(C)=O)[Sn]([CH2]CCC)([CH2]CCC)[CH2]CCC. The van der Waals surface area contributed by atoms with E-state index in [2.05, 4.69) is 49.2 Å². The maximum atomic E-state index is 11.7. The number of rotatable bonds is 22. The molecule has 0 amide bonds. The van der Waals surface area contributed by atoms with Crippen LogP contribution in [0.2, 0.25) is 26.6 Å². The molecule has 196 valence electrons. The van der Waals surface area contributed by atoms with Crippen LogP contribution in [-0.2, 0) is 9.53 Å². The van der Waals surface area contributed by atoms with Gasteiger partial charge in [-0.15, -0.1) is 0 Å². The number of ether oxygens (including phenoxy) is 1. The zero-order valence-electron chi connectivity index (χ0n) is 23.8. The van der Waals surface area contributed by atoms with E-state index in [4.69, 9.17) is 4.74 Å². The van der Waals surface area contributed by atoms with E-state index in [1.807, 2.05) is 0 Å². The van der Waals surface area contributed by atoms with Crippen molar-refractivity contribution in [3.05, 3.63) is 7.68 Å². The average molecular weight is 678 g/mol. The van der Waals surface area contributed by atoms with Crippen LogP contribution in [0.25, 0.3) is 0 Å². The van der Waals surface area contributed by atoms with Crippen LogP contribution in [0, 0.1) is 0 Å². The monoisotopic (exact) mass is 680 g/mol. The van der Waals surface area contributed by atoms with E-state index in [0.717, 1.165) is 0 Å². The predicted molar refractivity (Wildman–Crippen MR) is 155 cm³/mol. The first-order valence-corrected chi connectivity index (χ1v) is 29.7. The van der Waals surface area contributed by atoms with Gasteiger partial charge in [-0.25, -0.2) is 0 Å². The van der Waals surface area contributed by atoms with E-state index in [1.165, 1.54) is 77.0 Å². The van der Waals surface area contributed by atoms with Crippen LogP contribution in [0.4, 0.5) is 0 Å². The number of unbranched alkanes of at least 4 members (excludes halogenated alkanes) is 6. The van der Waals surface area contributed by atoms with E-state index in [0.29, 0.717) is 6.61 Å². The van der Waals surface area contributed by atoms with Crippen molar-refractivity contribution in [1.29, 1.82) is 0 Å². The topological polar surface area (TPSA) is 26.3 Å². The Bertz CT molecular complexity index is 438. The van der Waals surface area contributed by atoms with Crippen molar-refractivity contribution in [2.24, 2.45) is 0 Å². The molecule has 0 unspecified atom stereocenters. The molecule has 0 saturated heterocycles. The Balaban J connectivity index is 6.80. The molecule has 0 N–H and O–H groups in total. The molecular weight excluding hydrogens is 618 g/mol. The fraction of sp³-hybridized carbons (Fsp3) is 0.897. The fourth-order valence-corrected chi connectivity index (χ4v) is 74.5. The first-order chi connectivity index (χ1) is 15.9. The average Bonchev–Trinajstić information content (AvgIpc) is 2.82. The van der Waals surface area contributed by atoms with Crippen molar-refractivity contribution < 1.29 is 9.53 Å². The van der Waals surface area contributed by atoms with Crippen LogP contribution in [0.1, 0.15) is 126 Å². The van der Waals surface area contributed by atoms with Crippen molar-refractivity contribution >= 4 is 42.7 Å². The number of carbonyl (C=O) groups excluding carboxylic acids is 1. The zero-order chi connectivity index (χ0) is 25.0. The second-order valence-corrected chi connectivity index (χ2v) is 40.9. The molecule has 0 aliphatic carbocycles. The van der Waals surface area contributed by atoms with Crippen molar-refractivity contribution in [2.45, 2.75) is 152 Å². The summed E-state index contributed by atoms with van der Waals surface area (Å²) in [6, 6.07) is 0. The van der Waals surface area contributed by atoms with Crippen molar-refractivity contribution in [3.8, 4) is 0 Å². The number of hydrogen-bond donors (Lipinski definition) is 0. The van der Waals surface area contributed by atoms with Gasteiger partial charge >= 0.3 is 219 Å². The Labute approximate surface area is 217 Å². The predicted octanol–water partition coefficient (Wildman–Crippen LogP) is 10.3. The molecule has 0 aromatic carbocycles. The van der Waals surface area contributed by atoms with E-state index in [1.54, 1.807) is 33.5 Å². The summed E-state index contributed by atoms with van der Waals surface area (Å²) in [6.07, 6.45) is 19.1. The molecule has 0 radical (unpaired) electrons. The van der Waals surface area contributed by atoms with Gasteiger partial charge in [0, 0.05) is 0 Å². The summed E-state index contributed by atoms with van der Waals surface area (Å²) >= 11 is -5.15. The van der Waals surface area contributed by atoms with E-state index >= 15 is 0 Å². The van der Waals surface area contributed by atoms with E-state index < -0.39 is 36.8 Å². The van der Waals surface area contributed by atoms with Crippen molar-refractivity contribution in [2.75, 3.05) is 6.61 Å². The fourth-order valence-electron chi connectivity index (χ4n) is 5.89. The third-order valence-electron chi connectivity index (χ3n) is 7.77. The van der Waals surface area contributed by atoms with Crippen LogP contribution in [0.15, 0.2) is 7.68 Å². The Morgan fingerprint density at radius 3 is 1.06 bits per heavy atom. The molecule has 0 bridgehead atoms. The van der Waals surface area contributed by atoms with Gasteiger partial charge in [-0.1, -0.05) is 0 Å². The standard InChI is InChI=1S/C5H6O2.6C4H9.2Sn/c1-3-4-7-5(2)6;6*1-3-4-2;;/h3H,4H2,2H3;6*1,3-4H2,2H3;;. The molecule has 0 heterocycles. The zero-order valence-corrected chi connectivity index (χ0v) is 29.5. The summed E-state index contributed by atoms with van der Waals surface area (Å²) in [7, 11) is 0. The normalized spacial score (nSPS) is 12.1. The van der Waals surface area contributed by atoms with Crippen LogP contribution >= 0.6 is 0 Å². The first-order valence-electron chi connectivity index (χ1n) is 14.8. The summed E-state index contributed by atoms with van der Waals surface area (Å²) in [5.41, 5.74) is 0. The molecule has 0 aromatic heterocycles. The summed E-state index contributed by atoms with van der Waals surface area (Å²) in [5.74, 6) is -0.112. The number of carbonyl (C=O) groups is 1. The Morgan fingerprint density at radius 2 is 0.848 bits per heavy atom. The van der Waals surface area contributed by atoms with Crippen LogP contribution in [-0.4, -0.2) is 49.3 Å². The summed E-state index contributed by atoms with van der Waals surface area (Å²) in [5, 5.41) is 0. The number of esters is 1. The van der Waals surface area contributed by atoms with Gasteiger partial charge in [-0.05, 0) is 0 Å². The molecular formula is C29H60O2Sn2. The molecule has 0 spiro atoms. The summed E-state index contributed by atoms with van der Waals surface area (Å²) < 4.78 is 17.1. The van der Waals surface area contributed by atoms with Crippen molar-refractivity contribution in [3.63, 3.8) is 0 Å². The molecule has 0 aromatic rings. The maximum absolute atomic E-state index is 11.7. The minimum atomic E-state index is -2.57. The third kappa shape index (κ3) is 13.1. The van der Waals surface area contributed by atoms with Gasteiger partial charge in [0.1, 0.15) is 0 Å². The summed E-state index contributed by atoms with van der Waals surface area (Å²) in [6.45, 7) is 16.5. The van der Waals surface area contributed by atoms with Gasteiger partial charge in [0.05, 0.1) is 0 Å². The van der Waals surface area contributed by atoms with Gasteiger partial charge in [-0.2, -0.15) is 0 Å². The Kier molecular flexibility index (Phi) is 21.5. The van der Waals surface area contributed by atoms with Gasteiger partial charge in [-0.3, -0.25) is 0 Å². The van der Waals surface area contributed by atoms with Gasteiger partial charge in [0.15, 0.2) is 0 Å². The molecule has 4 heteroatoms. The quantitative estimate of drug-likeness (QED) is 0.0842. The number of hydrogen-bond acceptors (Lipinski definition) is 2. The van der Waals surface area contributed by atoms with E-state index in [-0.39, 0.29) is 5.97 Å². The molecule has 0 aliphatic rings. The van der Waals surface area contributed by atoms with Crippen LogP contribution in [0.5, 0.6) is 0 Å². The van der Waals surface area contributed by atoms with Gasteiger partial charge in [0.2, 0.25) is 0 Å².